The molecule has 0 saturated carbocycles. The van der Waals surface area contributed by atoms with Gasteiger partial charge in [-0.1, -0.05) is 41.4 Å². The smallest absolute Gasteiger partial charge is 0.251 e. The van der Waals surface area contributed by atoms with E-state index < -0.39 is 0 Å². The van der Waals surface area contributed by atoms with Crippen molar-refractivity contribution in [2.24, 2.45) is 0 Å². The van der Waals surface area contributed by atoms with Gasteiger partial charge in [0, 0.05) is 32.8 Å². The van der Waals surface area contributed by atoms with Gasteiger partial charge >= 0.3 is 0 Å². The monoisotopic (exact) mass is 383 g/mol. The van der Waals surface area contributed by atoms with Gasteiger partial charge in [0.05, 0.1) is 0 Å². The third-order valence-electron chi connectivity index (χ3n) is 4.08. The van der Waals surface area contributed by atoms with Crippen molar-refractivity contribution in [2.75, 3.05) is 0 Å². The van der Waals surface area contributed by atoms with Crippen molar-refractivity contribution < 1.29 is 4.79 Å². The predicted molar refractivity (Wildman–Crippen MR) is 111 cm³/mol. The van der Waals surface area contributed by atoms with E-state index in [9.17, 15) is 4.79 Å². The molecule has 26 heavy (non-hydrogen) atoms. The van der Waals surface area contributed by atoms with Gasteiger partial charge in [-0.15, -0.1) is 11.3 Å². The average Bonchev–Trinajstić information content (AvgIpc) is 3.06. The molecule has 134 valence electrons. The topological polar surface area (TPSA) is 29.1 Å². The number of hydrogen-bond donors (Lipinski definition) is 1. The number of rotatable bonds is 5. The van der Waals surface area contributed by atoms with Gasteiger partial charge in [0.25, 0.3) is 5.91 Å². The number of thiophene rings is 1. The van der Waals surface area contributed by atoms with Crippen LogP contribution in [0.1, 0.15) is 40.2 Å². The van der Waals surface area contributed by atoms with E-state index in [-0.39, 0.29) is 11.9 Å². The molecular weight excluding hydrogens is 362 g/mol. The summed E-state index contributed by atoms with van der Waals surface area (Å²) in [5, 5.41) is 3.72. The summed E-state index contributed by atoms with van der Waals surface area (Å²) >= 11 is 8.08. The molecule has 1 heterocycles. The van der Waals surface area contributed by atoms with E-state index in [0.717, 1.165) is 22.6 Å². The molecular formula is C22H22ClNOS. The lowest BCUT2D eigenvalue weighted by molar-refractivity contribution is 0.0943. The van der Waals surface area contributed by atoms with Gasteiger partial charge < -0.3 is 5.32 Å². The average molecular weight is 384 g/mol. The van der Waals surface area contributed by atoms with Crippen molar-refractivity contribution in [1.82, 2.24) is 5.32 Å². The zero-order valence-corrected chi connectivity index (χ0v) is 16.7. The van der Waals surface area contributed by atoms with Gasteiger partial charge in [0.2, 0.25) is 0 Å². The van der Waals surface area contributed by atoms with Gasteiger partial charge in [0.1, 0.15) is 0 Å². The minimum Gasteiger partial charge on any atom is -0.350 e. The minimum atomic E-state index is -0.0347. The SMILES string of the molecule is Cc1ccc(Cl)c(Cc2ccc(-c3ccc(C(=O)NC(C)C)cc3)s2)c1. The van der Waals surface area contributed by atoms with Crippen LogP contribution in [0.25, 0.3) is 10.4 Å². The molecule has 2 nitrogen and oxygen atoms in total. The second-order valence-electron chi connectivity index (χ2n) is 6.74. The molecule has 2 aromatic carbocycles. The van der Waals surface area contributed by atoms with Crippen LogP contribution in [-0.4, -0.2) is 11.9 Å². The summed E-state index contributed by atoms with van der Waals surface area (Å²) in [5.74, 6) is -0.0347. The fourth-order valence-corrected chi connectivity index (χ4v) is 4.01. The third-order valence-corrected chi connectivity index (χ3v) is 5.58. The second-order valence-corrected chi connectivity index (χ2v) is 8.32. The van der Waals surface area contributed by atoms with Crippen molar-refractivity contribution >= 4 is 28.8 Å². The first-order valence-corrected chi connectivity index (χ1v) is 9.87. The van der Waals surface area contributed by atoms with Gasteiger partial charge in [-0.05, 0) is 62.2 Å². The highest BCUT2D eigenvalue weighted by atomic mass is 35.5. The van der Waals surface area contributed by atoms with Crippen LogP contribution < -0.4 is 5.32 Å². The van der Waals surface area contributed by atoms with E-state index in [2.05, 4.69) is 30.4 Å². The normalized spacial score (nSPS) is 11.0. The lowest BCUT2D eigenvalue weighted by Crippen LogP contribution is -2.29. The van der Waals surface area contributed by atoms with Gasteiger partial charge in [0.15, 0.2) is 0 Å². The van der Waals surface area contributed by atoms with Crippen LogP contribution in [0.4, 0.5) is 0 Å². The molecule has 0 fully saturated rings. The molecule has 0 spiro atoms. The highest BCUT2D eigenvalue weighted by molar-refractivity contribution is 7.15. The molecule has 3 aromatic rings. The Morgan fingerprint density at radius 2 is 1.81 bits per heavy atom. The van der Waals surface area contributed by atoms with Gasteiger partial charge in [-0.3, -0.25) is 4.79 Å². The number of aryl methyl sites for hydroxylation is 1. The molecule has 0 saturated heterocycles. The summed E-state index contributed by atoms with van der Waals surface area (Å²) in [5.41, 5.74) is 4.18. The van der Waals surface area contributed by atoms with E-state index in [1.807, 2.05) is 50.2 Å². The number of nitrogens with one attached hydrogen (secondary N) is 1. The molecule has 0 aliphatic rings. The van der Waals surface area contributed by atoms with E-state index in [1.54, 1.807) is 11.3 Å². The molecule has 1 amide bonds. The Kier molecular flexibility index (Phi) is 5.80. The zero-order chi connectivity index (χ0) is 18.7. The molecule has 4 heteroatoms. The molecule has 0 atom stereocenters. The molecule has 1 N–H and O–H groups in total. The first-order valence-electron chi connectivity index (χ1n) is 8.67. The standard InChI is InChI=1S/C22H22ClNOS/c1-14(2)24-22(25)17-7-5-16(6-8-17)21-11-9-19(26-21)13-18-12-15(3)4-10-20(18)23/h4-12,14H,13H2,1-3H3,(H,24,25). The van der Waals surface area contributed by atoms with Crippen molar-refractivity contribution in [3.05, 3.63) is 81.2 Å². The molecule has 3 rings (SSSR count). The van der Waals surface area contributed by atoms with Crippen LogP contribution in [0, 0.1) is 6.92 Å². The maximum atomic E-state index is 12.0. The van der Waals surface area contributed by atoms with Crippen molar-refractivity contribution in [1.29, 1.82) is 0 Å². The lowest BCUT2D eigenvalue weighted by Gasteiger charge is -2.08. The Labute approximate surface area is 163 Å². The van der Waals surface area contributed by atoms with E-state index in [0.29, 0.717) is 5.56 Å². The summed E-state index contributed by atoms with van der Waals surface area (Å²) in [4.78, 5) is 14.5. The maximum absolute atomic E-state index is 12.0. The molecule has 0 unspecified atom stereocenters. The van der Waals surface area contributed by atoms with Crippen molar-refractivity contribution in [2.45, 2.75) is 33.2 Å². The van der Waals surface area contributed by atoms with Crippen LogP contribution in [0.5, 0.6) is 0 Å². The number of benzene rings is 2. The number of halogens is 1. The highest BCUT2D eigenvalue weighted by Crippen LogP contribution is 2.31. The number of amides is 1. The number of carbonyl (C=O) groups is 1. The Hall–Kier alpha value is -2.10. The van der Waals surface area contributed by atoms with Crippen LogP contribution in [0.15, 0.2) is 54.6 Å². The summed E-state index contributed by atoms with van der Waals surface area (Å²) in [7, 11) is 0. The second kappa shape index (κ2) is 8.07. The third kappa shape index (κ3) is 4.54. The molecule has 0 aliphatic carbocycles. The van der Waals surface area contributed by atoms with E-state index in [1.165, 1.54) is 15.3 Å². The first kappa shape index (κ1) is 18.7. The molecule has 0 radical (unpaired) electrons. The molecule has 0 aliphatic heterocycles. The summed E-state index contributed by atoms with van der Waals surface area (Å²) in [6.07, 6.45) is 0.833. The Balaban J connectivity index is 1.75. The number of hydrogen-bond acceptors (Lipinski definition) is 2. The quantitative estimate of drug-likeness (QED) is 0.566. The number of carbonyl (C=O) groups excluding carboxylic acids is 1. The van der Waals surface area contributed by atoms with E-state index in [4.69, 9.17) is 11.6 Å². The van der Waals surface area contributed by atoms with Crippen LogP contribution in [-0.2, 0) is 6.42 Å². The van der Waals surface area contributed by atoms with Crippen LogP contribution >= 0.6 is 22.9 Å². The summed E-state index contributed by atoms with van der Waals surface area (Å²) in [6, 6.07) is 18.3. The lowest BCUT2D eigenvalue weighted by atomic mass is 10.1. The van der Waals surface area contributed by atoms with Gasteiger partial charge in [-0.2, -0.15) is 0 Å². The van der Waals surface area contributed by atoms with Crippen LogP contribution in [0.2, 0.25) is 5.02 Å². The Bertz CT molecular complexity index is 912. The summed E-state index contributed by atoms with van der Waals surface area (Å²) < 4.78 is 0. The highest BCUT2D eigenvalue weighted by Gasteiger charge is 2.09. The fraction of sp³-hybridized carbons (Fsp3) is 0.227. The fourth-order valence-electron chi connectivity index (χ4n) is 2.79. The van der Waals surface area contributed by atoms with Crippen LogP contribution in [0.3, 0.4) is 0 Å². The Morgan fingerprint density at radius 1 is 1.08 bits per heavy atom. The predicted octanol–water partition coefficient (Wildman–Crippen LogP) is 6.11. The molecule has 0 bridgehead atoms. The van der Waals surface area contributed by atoms with E-state index >= 15 is 0 Å². The zero-order valence-electron chi connectivity index (χ0n) is 15.2. The first-order chi connectivity index (χ1) is 12.4. The molecule has 1 aromatic heterocycles. The van der Waals surface area contributed by atoms with Crippen molar-refractivity contribution in [3.63, 3.8) is 0 Å². The Morgan fingerprint density at radius 3 is 2.50 bits per heavy atom. The maximum Gasteiger partial charge on any atom is 0.251 e. The van der Waals surface area contributed by atoms with Gasteiger partial charge in [-0.25, -0.2) is 0 Å². The summed E-state index contributed by atoms with van der Waals surface area (Å²) in [6.45, 7) is 6.00. The minimum absolute atomic E-state index is 0.0347. The van der Waals surface area contributed by atoms with Crippen molar-refractivity contribution in [3.8, 4) is 10.4 Å². The largest absolute Gasteiger partial charge is 0.350 e.